The van der Waals surface area contributed by atoms with E-state index in [1.165, 1.54) is 0 Å². The Morgan fingerprint density at radius 2 is 1.76 bits per heavy atom. The Kier molecular flexibility index (Phi) is 5.79. The van der Waals surface area contributed by atoms with E-state index >= 15 is 0 Å². The maximum Gasteiger partial charge on any atom is 0.213 e. The van der Waals surface area contributed by atoms with Crippen molar-refractivity contribution in [3.63, 3.8) is 0 Å². The zero-order valence-corrected chi connectivity index (χ0v) is 14.2. The highest BCUT2D eigenvalue weighted by Crippen LogP contribution is 2.34. The molecule has 0 aromatic carbocycles. The van der Waals surface area contributed by atoms with Gasteiger partial charge in [-0.15, -0.1) is 0 Å². The molecule has 0 aromatic heterocycles. The zero-order valence-electron chi connectivity index (χ0n) is 12.6. The largest absolute Gasteiger partial charge is 0.386 e. The summed E-state index contributed by atoms with van der Waals surface area (Å²) in [6, 6.07) is 0. The van der Waals surface area contributed by atoms with Crippen molar-refractivity contribution in [2.75, 3.05) is 17.8 Å². The summed E-state index contributed by atoms with van der Waals surface area (Å²) < 4.78 is 48.9. The molecule has 0 unspecified atom stereocenters. The Morgan fingerprint density at radius 3 is 2.14 bits per heavy atom. The molecular weight excluding hydrogens is 314 g/mol. The minimum Gasteiger partial charge on any atom is -0.386 e. The first-order valence-electron chi connectivity index (χ1n) is 7.03. The van der Waals surface area contributed by atoms with Crippen LogP contribution in [-0.4, -0.2) is 46.0 Å². The highest BCUT2D eigenvalue weighted by atomic mass is 32.2. The quantitative estimate of drug-likeness (QED) is 0.451. The number of sulfonamides is 1. The number of rotatable bonds is 7. The molecule has 1 saturated carbocycles. The molecule has 1 rings (SSSR count). The Morgan fingerprint density at radius 1 is 1.24 bits per heavy atom. The van der Waals surface area contributed by atoms with Crippen LogP contribution in [0.4, 0.5) is 0 Å². The Bertz CT molecular complexity index is 576. The van der Waals surface area contributed by atoms with Gasteiger partial charge >= 0.3 is 0 Å². The third-order valence-electron chi connectivity index (χ3n) is 4.13. The van der Waals surface area contributed by atoms with E-state index in [2.05, 4.69) is 11.6 Å². The van der Waals surface area contributed by atoms with E-state index in [9.17, 15) is 16.8 Å². The van der Waals surface area contributed by atoms with Crippen LogP contribution in [0.25, 0.3) is 0 Å². The SMILES string of the molecule is CCC1CCC(NS(=O)(=O)CCS(C)(=O)=O)(C(=N)N)CC1. The van der Waals surface area contributed by atoms with E-state index in [0.29, 0.717) is 18.8 Å². The molecule has 0 aliphatic heterocycles. The second-order valence-corrected chi connectivity index (χ2v) is 10.00. The summed E-state index contributed by atoms with van der Waals surface area (Å²) >= 11 is 0. The molecule has 4 N–H and O–H groups in total. The number of sulfone groups is 1. The molecule has 7 nitrogen and oxygen atoms in total. The van der Waals surface area contributed by atoms with E-state index in [0.717, 1.165) is 25.5 Å². The summed E-state index contributed by atoms with van der Waals surface area (Å²) in [7, 11) is -7.15. The third-order valence-corrected chi connectivity index (χ3v) is 6.77. The van der Waals surface area contributed by atoms with Crippen molar-refractivity contribution in [1.82, 2.24) is 4.72 Å². The lowest BCUT2D eigenvalue weighted by molar-refractivity contribution is 0.266. The summed E-state index contributed by atoms with van der Waals surface area (Å²) in [4.78, 5) is 0. The zero-order chi connectivity index (χ0) is 16.3. The average molecular weight is 339 g/mol. The Labute approximate surface area is 127 Å². The summed E-state index contributed by atoms with van der Waals surface area (Å²) in [5.74, 6) is -0.607. The fourth-order valence-electron chi connectivity index (χ4n) is 2.61. The fraction of sp³-hybridized carbons (Fsp3) is 0.917. The molecular formula is C12H25N3O4S2. The maximum atomic E-state index is 12.1. The van der Waals surface area contributed by atoms with Gasteiger partial charge in [0.1, 0.15) is 15.7 Å². The van der Waals surface area contributed by atoms with Gasteiger partial charge in [0.15, 0.2) is 0 Å². The normalized spacial score (nSPS) is 27.4. The molecule has 0 amide bonds. The highest BCUT2D eigenvalue weighted by molar-refractivity contribution is 7.93. The van der Waals surface area contributed by atoms with Crippen LogP contribution in [0.5, 0.6) is 0 Å². The van der Waals surface area contributed by atoms with E-state index in [-0.39, 0.29) is 5.84 Å². The monoisotopic (exact) mass is 339 g/mol. The number of nitrogens with one attached hydrogen (secondary N) is 2. The molecule has 0 spiro atoms. The van der Waals surface area contributed by atoms with E-state index in [4.69, 9.17) is 11.1 Å². The van der Waals surface area contributed by atoms with Crippen LogP contribution in [0.1, 0.15) is 39.0 Å². The van der Waals surface area contributed by atoms with Crippen LogP contribution in [0.15, 0.2) is 0 Å². The van der Waals surface area contributed by atoms with Gasteiger partial charge in [0.05, 0.1) is 17.0 Å². The number of hydrogen-bond acceptors (Lipinski definition) is 5. The van der Waals surface area contributed by atoms with E-state index in [1.54, 1.807) is 0 Å². The predicted molar refractivity (Wildman–Crippen MR) is 83.5 cm³/mol. The van der Waals surface area contributed by atoms with Gasteiger partial charge in [-0.05, 0) is 31.6 Å². The standard InChI is InChI=1S/C12H25N3O4S2/c1-3-10-4-6-12(7-5-10,11(13)14)15-21(18,19)9-8-20(2,16)17/h10,15H,3-9H2,1-2H3,(H3,13,14). The van der Waals surface area contributed by atoms with Crippen LogP contribution in [0.2, 0.25) is 0 Å². The Balaban J connectivity index is 2.82. The molecule has 1 aliphatic carbocycles. The van der Waals surface area contributed by atoms with E-state index in [1.807, 2.05) is 0 Å². The van der Waals surface area contributed by atoms with Crippen molar-refractivity contribution in [1.29, 1.82) is 5.41 Å². The number of hydrogen-bond donors (Lipinski definition) is 3. The van der Waals surface area contributed by atoms with Crippen LogP contribution in [0.3, 0.4) is 0 Å². The fourth-order valence-corrected chi connectivity index (χ4v) is 5.71. The van der Waals surface area contributed by atoms with Gasteiger partial charge in [0.2, 0.25) is 10.0 Å². The smallest absolute Gasteiger partial charge is 0.213 e. The molecule has 124 valence electrons. The van der Waals surface area contributed by atoms with Gasteiger partial charge in [0.25, 0.3) is 0 Å². The van der Waals surface area contributed by atoms with Crippen molar-refractivity contribution < 1.29 is 16.8 Å². The van der Waals surface area contributed by atoms with Crippen LogP contribution >= 0.6 is 0 Å². The molecule has 0 saturated heterocycles. The molecule has 0 bridgehead atoms. The lowest BCUT2D eigenvalue weighted by Crippen LogP contribution is -2.59. The second kappa shape index (κ2) is 6.62. The lowest BCUT2D eigenvalue weighted by Gasteiger charge is -2.39. The first kappa shape index (κ1) is 18.4. The minimum absolute atomic E-state index is 0.194. The molecule has 0 heterocycles. The molecule has 0 atom stereocenters. The van der Waals surface area contributed by atoms with Crippen LogP contribution in [0, 0.1) is 11.3 Å². The van der Waals surface area contributed by atoms with Gasteiger partial charge in [-0.2, -0.15) is 0 Å². The van der Waals surface area contributed by atoms with Crippen molar-refractivity contribution in [3.05, 3.63) is 0 Å². The van der Waals surface area contributed by atoms with Crippen molar-refractivity contribution >= 4 is 25.7 Å². The van der Waals surface area contributed by atoms with Gasteiger partial charge in [-0.1, -0.05) is 13.3 Å². The van der Waals surface area contributed by atoms with Gasteiger partial charge < -0.3 is 5.73 Å². The van der Waals surface area contributed by atoms with E-state index < -0.39 is 36.9 Å². The van der Waals surface area contributed by atoms with Crippen LogP contribution in [-0.2, 0) is 19.9 Å². The highest BCUT2D eigenvalue weighted by Gasteiger charge is 2.40. The minimum atomic E-state index is -3.79. The first-order chi connectivity index (χ1) is 9.50. The molecule has 1 fully saturated rings. The summed E-state index contributed by atoms with van der Waals surface area (Å²) in [6.07, 6.45) is 4.61. The average Bonchev–Trinajstić information content (AvgIpc) is 2.36. The van der Waals surface area contributed by atoms with Gasteiger partial charge in [0, 0.05) is 6.26 Å². The summed E-state index contributed by atoms with van der Waals surface area (Å²) in [6.45, 7) is 2.09. The molecule has 9 heteroatoms. The predicted octanol–water partition coefficient (Wildman–Crippen LogP) is 0.225. The van der Waals surface area contributed by atoms with Gasteiger partial charge in [-0.25, -0.2) is 21.6 Å². The maximum absolute atomic E-state index is 12.1. The number of nitrogens with two attached hydrogens (primary N) is 1. The van der Waals surface area contributed by atoms with Gasteiger partial charge in [-0.3, -0.25) is 5.41 Å². The molecule has 0 aromatic rings. The molecule has 0 radical (unpaired) electrons. The second-order valence-electron chi connectivity index (χ2n) is 5.90. The summed E-state index contributed by atoms with van der Waals surface area (Å²) in [5.41, 5.74) is 4.56. The van der Waals surface area contributed by atoms with Crippen molar-refractivity contribution in [3.8, 4) is 0 Å². The summed E-state index contributed by atoms with van der Waals surface area (Å²) in [5, 5.41) is 7.73. The lowest BCUT2D eigenvalue weighted by atomic mass is 9.75. The molecule has 1 aliphatic rings. The Hall–Kier alpha value is -0.670. The van der Waals surface area contributed by atoms with Crippen molar-refractivity contribution in [2.45, 2.75) is 44.6 Å². The third kappa shape index (κ3) is 5.55. The van der Waals surface area contributed by atoms with Crippen molar-refractivity contribution in [2.24, 2.45) is 11.7 Å². The first-order valence-corrected chi connectivity index (χ1v) is 10.7. The topological polar surface area (TPSA) is 130 Å². The van der Waals surface area contributed by atoms with Crippen LogP contribution < -0.4 is 10.5 Å². The number of amidine groups is 1. The molecule has 21 heavy (non-hydrogen) atoms.